The topological polar surface area (TPSA) is 78.9 Å². The Labute approximate surface area is 119 Å². The van der Waals surface area contributed by atoms with E-state index in [-0.39, 0.29) is 11.9 Å². The summed E-state index contributed by atoms with van der Waals surface area (Å²) >= 11 is 0. The van der Waals surface area contributed by atoms with Crippen molar-refractivity contribution in [3.8, 4) is 0 Å². The Morgan fingerprint density at radius 1 is 1.35 bits per heavy atom. The van der Waals surface area contributed by atoms with Gasteiger partial charge in [-0.25, -0.2) is 9.97 Å². The minimum absolute atomic E-state index is 0.0261. The van der Waals surface area contributed by atoms with Gasteiger partial charge in [-0.3, -0.25) is 4.79 Å². The fraction of sp³-hybridized carbons (Fsp3) is 0.643. The van der Waals surface area contributed by atoms with Crippen LogP contribution in [0.4, 0.5) is 11.6 Å². The molecule has 1 aromatic heterocycles. The second-order valence-corrected chi connectivity index (χ2v) is 5.08. The van der Waals surface area contributed by atoms with Gasteiger partial charge in [-0.15, -0.1) is 0 Å². The summed E-state index contributed by atoms with van der Waals surface area (Å²) in [5.41, 5.74) is 1.01. The van der Waals surface area contributed by atoms with Crippen molar-refractivity contribution in [2.45, 2.75) is 52.1 Å². The van der Waals surface area contributed by atoms with Gasteiger partial charge < -0.3 is 16.0 Å². The monoisotopic (exact) mass is 277 g/mol. The fourth-order valence-electron chi connectivity index (χ4n) is 2.02. The number of nitrogens with zero attached hydrogens (tertiary/aromatic N) is 2. The summed E-state index contributed by atoms with van der Waals surface area (Å²) < 4.78 is 0. The molecule has 1 atom stereocenters. The van der Waals surface area contributed by atoms with Crippen LogP contribution < -0.4 is 16.0 Å². The number of hydrogen-bond acceptors (Lipinski definition) is 5. The first-order valence-electron chi connectivity index (χ1n) is 7.30. The van der Waals surface area contributed by atoms with Crippen molar-refractivity contribution in [1.29, 1.82) is 0 Å². The molecule has 2 rings (SSSR count). The van der Waals surface area contributed by atoms with Crippen molar-refractivity contribution < 1.29 is 4.79 Å². The molecule has 1 unspecified atom stereocenters. The van der Waals surface area contributed by atoms with Gasteiger partial charge in [0.15, 0.2) is 0 Å². The summed E-state index contributed by atoms with van der Waals surface area (Å²) in [5.74, 6) is 1.59. The maximum atomic E-state index is 12.0. The Hall–Kier alpha value is -1.85. The van der Waals surface area contributed by atoms with E-state index in [0.717, 1.165) is 43.0 Å². The molecule has 0 radical (unpaired) electrons. The van der Waals surface area contributed by atoms with Crippen LogP contribution in [0.25, 0.3) is 0 Å². The van der Waals surface area contributed by atoms with Crippen LogP contribution in [-0.2, 0) is 11.2 Å². The molecule has 6 nitrogen and oxygen atoms in total. The molecule has 0 aromatic carbocycles. The van der Waals surface area contributed by atoms with E-state index < -0.39 is 0 Å². The van der Waals surface area contributed by atoms with Crippen LogP contribution in [-0.4, -0.2) is 34.5 Å². The predicted molar refractivity (Wildman–Crippen MR) is 79.8 cm³/mol. The molecule has 0 bridgehead atoms. The number of carbonyl (C=O) groups is 1. The highest BCUT2D eigenvalue weighted by Crippen LogP contribution is 2.22. The molecule has 1 fully saturated rings. The van der Waals surface area contributed by atoms with E-state index in [2.05, 4.69) is 32.8 Å². The van der Waals surface area contributed by atoms with Crippen molar-refractivity contribution in [1.82, 2.24) is 15.3 Å². The number of carbonyl (C=O) groups excluding carboxylic acids is 1. The first-order valence-corrected chi connectivity index (χ1v) is 7.30. The molecule has 3 N–H and O–H groups in total. The minimum atomic E-state index is -0.301. The zero-order chi connectivity index (χ0) is 14.5. The lowest BCUT2D eigenvalue weighted by Crippen LogP contribution is -2.39. The van der Waals surface area contributed by atoms with Gasteiger partial charge in [-0.05, 0) is 33.1 Å². The summed E-state index contributed by atoms with van der Waals surface area (Å²) in [6, 6.07) is 0.0744. The normalized spacial score (nSPS) is 15.6. The Balaban J connectivity index is 2.06. The van der Waals surface area contributed by atoms with E-state index in [4.69, 9.17) is 0 Å². The number of anilines is 2. The second-order valence-electron chi connectivity index (χ2n) is 5.08. The van der Waals surface area contributed by atoms with Crippen LogP contribution in [0, 0.1) is 0 Å². The van der Waals surface area contributed by atoms with Gasteiger partial charge in [0.2, 0.25) is 5.91 Å². The van der Waals surface area contributed by atoms with Crippen molar-refractivity contribution in [3.05, 3.63) is 11.9 Å². The van der Waals surface area contributed by atoms with Crippen LogP contribution >= 0.6 is 0 Å². The number of nitrogens with one attached hydrogen (secondary N) is 3. The summed E-state index contributed by atoms with van der Waals surface area (Å²) in [6.07, 6.45) is 4.51. The van der Waals surface area contributed by atoms with Crippen molar-refractivity contribution >= 4 is 17.5 Å². The highest BCUT2D eigenvalue weighted by atomic mass is 16.2. The smallest absolute Gasteiger partial charge is 0.242 e. The zero-order valence-corrected chi connectivity index (χ0v) is 12.4. The number of amides is 1. The molecule has 1 aromatic rings. The van der Waals surface area contributed by atoms with Gasteiger partial charge in [0.05, 0.1) is 0 Å². The van der Waals surface area contributed by atoms with Gasteiger partial charge in [0, 0.05) is 18.2 Å². The first kappa shape index (κ1) is 14.6. The van der Waals surface area contributed by atoms with Gasteiger partial charge in [-0.2, -0.15) is 0 Å². The minimum Gasteiger partial charge on any atom is -0.370 e. The van der Waals surface area contributed by atoms with E-state index in [1.54, 1.807) is 0 Å². The van der Waals surface area contributed by atoms with Gasteiger partial charge in [0.25, 0.3) is 0 Å². The highest BCUT2D eigenvalue weighted by molar-refractivity contribution is 5.84. The average molecular weight is 277 g/mol. The van der Waals surface area contributed by atoms with E-state index >= 15 is 0 Å². The van der Waals surface area contributed by atoms with E-state index in [9.17, 15) is 4.79 Å². The van der Waals surface area contributed by atoms with Crippen LogP contribution in [0.2, 0.25) is 0 Å². The molecule has 1 amide bonds. The Morgan fingerprint density at radius 2 is 2.05 bits per heavy atom. The van der Waals surface area contributed by atoms with Gasteiger partial charge in [0.1, 0.15) is 24.0 Å². The summed E-state index contributed by atoms with van der Waals surface area (Å²) in [7, 11) is 0. The third-order valence-corrected chi connectivity index (χ3v) is 3.31. The lowest BCUT2D eigenvalue weighted by Gasteiger charge is -2.18. The predicted octanol–water partition coefficient (Wildman–Crippen LogP) is 1.55. The highest BCUT2D eigenvalue weighted by Gasteiger charge is 2.26. The first-order chi connectivity index (χ1) is 9.65. The lowest BCUT2D eigenvalue weighted by atomic mass is 10.2. The lowest BCUT2D eigenvalue weighted by molar-refractivity contribution is -0.121. The van der Waals surface area contributed by atoms with E-state index in [1.807, 2.05) is 13.8 Å². The number of aromatic nitrogens is 2. The maximum absolute atomic E-state index is 12.0. The van der Waals surface area contributed by atoms with Gasteiger partial charge in [-0.1, -0.05) is 6.92 Å². The molecule has 1 heterocycles. The molecule has 1 aliphatic rings. The second kappa shape index (κ2) is 6.54. The molecule has 1 saturated carbocycles. The Kier molecular flexibility index (Phi) is 4.76. The molecular weight excluding hydrogens is 254 g/mol. The van der Waals surface area contributed by atoms with Crippen molar-refractivity contribution in [3.63, 3.8) is 0 Å². The molecule has 20 heavy (non-hydrogen) atoms. The Morgan fingerprint density at radius 3 is 2.65 bits per heavy atom. The zero-order valence-electron chi connectivity index (χ0n) is 12.4. The number of rotatable bonds is 7. The van der Waals surface area contributed by atoms with Crippen LogP contribution in [0.5, 0.6) is 0 Å². The summed E-state index contributed by atoms with van der Waals surface area (Å²) in [6.45, 7) is 6.74. The molecule has 0 saturated heterocycles. The summed E-state index contributed by atoms with van der Waals surface area (Å²) in [5, 5.41) is 9.40. The fourth-order valence-corrected chi connectivity index (χ4v) is 2.02. The molecule has 6 heteroatoms. The van der Waals surface area contributed by atoms with Crippen molar-refractivity contribution in [2.24, 2.45) is 0 Å². The molecular formula is C14H23N5O. The van der Waals surface area contributed by atoms with Crippen LogP contribution in [0.3, 0.4) is 0 Å². The average Bonchev–Trinajstić information content (AvgIpc) is 3.23. The maximum Gasteiger partial charge on any atom is 0.242 e. The molecule has 0 spiro atoms. The van der Waals surface area contributed by atoms with Crippen LogP contribution in [0.1, 0.15) is 39.2 Å². The van der Waals surface area contributed by atoms with E-state index in [1.165, 1.54) is 6.33 Å². The van der Waals surface area contributed by atoms with Crippen LogP contribution in [0.15, 0.2) is 6.33 Å². The Bertz CT molecular complexity index is 473. The number of hydrogen-bond donors (Lipinski definition) is 3. The molecule has 0 aliphatic heterocycles. The third kappa shape index (κ3) is 3.59. The van der Waals surface area contributed by atoms with Crippen molar-refractivity contribution in [2.75, 3.05) is 17.2 Å². The standard InChI is InChI=1S/C14H23N5O/c1-4-11-12(15-5-2)16-8-17-13(11)18-9(3)14(20)19-10-6-7-10/h8-10H,4-7H2,1-3H3,(H,19,20)(H2,15,16,17,18). The quantitative estimate of drug-likeness (QED) is 0.704. The summed E-state index contributed by atoms with van der Waals surface area (Å²) in [4.78, 5) is 20.5. The van der Waals surface area contributed by atoms with Gasteiger partial charge >= 0.3 is 0 Å². The molecule has 1 aliphatic carbocycles. The largest absolute Gasteiger partial charge is 0.370 e. The third-order valence-electron chi connectivity index (χ3n) is 3.31. The SMILES string of the molecule is CCNc1ncnc(NC(C)C(=O)NC2CC2)c1CC. The molecule has 110 valence electrons. The van der Waals surface area contributed by atoms with E-state index in [0.29, 0.717) is 6.04 Å².